The number of amides is 2. The third-order valence-corrected chi connectivity index (χ3v) is 7.64. The average molecular weight is 671 g/mol. The van der Waals surface area contributed by atoms with Crippen molar-refractivity contribution in [2.45, 2.75) is 37.7 Å². The van der Waals surface area contributed by atoms with Crippen LogP contribution in [0, 0.1) is 24.4 Å². The molecule has 17 heteroatoms. The maximum absolute atomic E-state index is 14.9. The maximum atomic E-state index is 14.9. The van der Waals surface area contributed by atoms with Crippen LogP contribution in [-0.4, -0.2) is 52.8 Å². The number of aliphatic hydroxyl groups is 1. The summed E-state index contributed by atoms with van der Waals surface area (Å²) in [6.07, 6.45) is -4.30. The van der Waals surface area contributed by atoms with Gasteiger partial charge in [-0.05, 0) is 49.7 Å². The number of carbonyl (C=O) groups excluding carboxylic acids is 2. The Labute approximate surface area is 259 Å². The average Bonchev–Trinajstić information content (AvgIpc) is 3.33. The van der Waals surface area contributed by atoms with E-state index in [0.717, 1.165) is 12.1 Å². The van der Waals surface area contributed by atoms with Crippen LogP contribution < -0.4 is 20.5 Å². The molecule has 1 aliphatic rings. The molecule has 3 heterocycles. The lowest BCUT2D eigenvalue weighted by Crippen LogP contribution is -2.51. The monoisotopic (exact) mass is 670 g/mol. The van der Waals surface area contributed by atoms with Crippen molar-refractivity contribution in [3.05, 3.63) is 82.4 Å². The Morgan fingerprint density at radius 1 is 1.09 bits per heavy atom. The number of nitrogens with two attached hydrogens (primary N) is 1. The summed E-state index contributed by atoms with van der Waals surface area (Å²) in [5.41, 5.74) is -3.84. The number of carbonyl (C=O) groups is 2. The van der Waals surface area contributed by atoms with Crippen LogP contribution in [0.4, 0.5) is 35.1 Å². The van der Waals surface area contributed by atoms with Crippen molar-refractivity contribution in [1.82, 2.24) is 15.3 Å². The predicted molar refractivity (Wildman–Crippen MR) is 147 cm³/mol. The minimum atomic E-state index is -5.64. The first kappa shape index (κ1) is 33.3. The van der Waals surface area contributed by atoms with E-state index in [1.165, 1.54) is 19.2 Å². The molecule has 1 unspecified atom stereocenters. The normalized spacial score (nSPS) is 17.3. The van der Waals surface area contributed by atoms with Crippen molar-refractivity contribution in [2.75, 3.05) is 13.2 Å². The fraction of sp³-hybridized carbons (Fsp3) is 0.267. The summed E-state index contributed by atoms with van der Waals surface area (Å²) in [6.45, 7) is -2.79. The van der Waals surface area contributed by atoms with Gasteiger partial charge in [-0.15, -0.1) is 0 Å². The van der Waals surface area contributed by atoms with Gasteiger partial charge in [0.1, 0.15) is 34.8 Å². The van der Waals surface area contributed by atoms with E-state index in [4.69, 9.17) is 10.5 Å². The van der Waals surface area contributed by atoms with E-state index < -0.39 is 106 Å². The number of aromatic nitrogens is 2. The SMILES string of the molecule is Cc1cnc2c(OC(F)F)cc(C(=O)NCC(O)(c3cc4c(c(-c5cc(F)c(F)cc5F)n3)OC[C@]4(C)C(N)=O)C(F)(F)F)cc2c1. The van der Waals surface area contributed by atoms with E-state index in [0.29, 0.717) is 17.7 Å². The van der Waals surface area contributed by atoms with Gasteiger partial charge in [0.25, 0.3) is 5.91 Å². The van der Waals surface area contributed by atoms with Gasteiger partial charge in [-0.2, -0.15) is 22.0 Å². The summed E-state index contributed by atoms with van der Waals surface area (Å²) in [6, 6.07) is 4.43. The van der Waals surface area contributed by atoms with Gasteiger partial charge in [-0.1, -0.05) is 0 Å². The van der Waals surface area contributed by atoms with E-state index in [2.05, 4.69) is 14.7 Å². The lowest BCUT2D eigenvalue weighted by atomic mass is 9.81. The van der Waals surface area contributed by atoms with Crippen molar-refractivity contribution in [1.29, 1.82) is 0 Å². The summed E-state index contributed by atoms with van der Waals surface area (Å²) in [7, 11) is 0. The smallest absolute Gasteiger partial charge is 0.424 e. The van der Waals surface area contributed by atoms with Gasteiger partial charge in [0, 0.05) is 34.3 Å². The molecule has 0 radical (unpaired) electrons. The molecule has 0 spiro atoms. The van der Waals surface area contributed by atoms with Crippen LogP contribution >= 0.6 is 0 Å². The van der Waals surface area contributed by atoms with Gasteiger partial charge in [0.15, 0.2) is 17.4 Å². The molecule has 2 atom stereocenters. The van der Waals surface area contributed by atoms with Gasteiger partial charge in [-0.3, -0.25) is 14.6 Å². The Hall–Kier alpha value is -5.06. The molecule has 2 aromatic heterocycles. The topological polar surface area (TPSA) is 137 Å². The van der Waals surface area contributed by atoms with Crippen LogP contribution in [0.2, 0.25) is 0 Å². The number of aryl methyl sites for hydroxylation is 1. The number of halogens is 8. The molecule has 248 valence electrons. The number of pyridine rings is 2. The summed E-state index contributed by atoms with van der Waals surface area (Å²) in [5, 5.41) is 13.2. The van der Waals surface area contributed by atoms with Crippen LogP contribution in [-0.2, 0) is 15.8 Å². The number of benzene rings is 2. The van der Waals surface area contributed by atoms with E-state index in [-0.39, 0.29) is 17.0 Å². The zero-order chi connectivity index (χ0) is 34.6. The van der Waals surface area contributed by atoms with Crippen molar-refractivity contribution >= 4 is 22.7 Å². The number of nitrogens with zero attached hydrogens (tertiary/aromatic N) is 2. The highest BCUT2D eigenvalue weighted by Gasteiger charge is 2.58. The second kappa shape index (κ2) is 11.6. The molecule has 4 N–H and O–H groups in total. The molecule has 5 rings (SSSR count). The number of nitrogens with one attached hydrogen (secondary N) is 1. The van der Waals surface area contributed by atoms with Gasteiger partial charge in [0.05, 0.1) is 12.2 Å². The minimum absolute atomic E-state index is 0.0710. The fourth-order valence-corrected chi connectivity index (χ4v) is 4.98. The van der Waals surface area contributed by atoms with Crippen molar-refractivity contribution in [3.8, 4) is 22.8 Å². The molecule has 0 fully saturated rings. The Bertz CT molecular complexity index is 1940. The van der Waals surface area contributed by atoms with Crippen molar-refractivity contribution < 1.29 is 59.3 Å². The summed E-state index contributed by atoms with van der Waals surface area (Å²) in [5.74, 6) is -8.13. The summed E-state index contributed by atoms with van der Waals surface area (Å²) < 4.78 is 123. The Balaban J connectivity index is 1.62. The molecule has 0 saturated heterocycles. The quantitative estimate of drug-likeness (QED) is 0.179. The Kier molecular flexibility index (Phi) is 8.24. The third kappa shape index (κ3) is 5.86. The van der Waals surface area contributed by atoms with E-state index in [1.807, 2.05) is 5.32 Å². The van der Waals surface area contributed by atoms with Gasteiger partial charge >= 0.3 is 12.8 Å². The van der Waals surface area contributed by atoms with Crippen LogP contribution in [0.1, 0.15) is 34.1 Å². The molecule has 0 aliphatic carbocycles. The van der Waals surface area contributed by atoms with Gasteiger partial charge < -0.3 is 25.6 Å². The molecule has 1 aliphatic heterocycles. The number of hydrogen-bond donors (Lipinski definition) is 3. The second-order valence-electron chi connectivity index (χ2n) is 10.9. The maximum Gasteiger partial charge on any atom is 0.424 e. The number of ether oxygens (including phenoxy) is 2. The van der Waals surface area contributed by atoms with Crippen LogP contribution in [0.15, 0.2) is 42.6 Å². The number of fused-ring (bicyclic) bond motifs is 2. The second-order valence-corrected chi connectivity index (χ2v) is 10.9. The van der Waals surface area contributed by atoms with E-state index in [1.54, 1.807) is 6.92 Å². The molecular formula is C30H22F8N4O5. The molecule has 0 bridgehead atoms. The molecule has 0 saturated carbocycles. The first-order valence-electron chi connectivity index (χ1n) is 13.4. The van der Waals surface area contributed by atoms with Crippen molar-refractivity contribution in [2.24, 2.45) is 5.73 Å². The highest BCUT2D eigenvalue weighted by atomic mass is 19.4. The first-order chi connectivity index (χ1) is 21.9. The van der Waals surface area contributed by atoms with E-state index in [9.17, 15) is 49.8 Å². The summed E-state index contributed by atoms with van der Waals surface area (Å²) >= 11 is 0. The number of alkyl halides is 5. The lowest BCUT2D eigenvalue weighted by Gasteiger charge is -2.31. The molecule has 2 amide bonds. The first-order valence-corrected chi connectivity index (χ1v) is 13.4. The zero-order valence-electron chi connectivity index (χ0n) is 24.1. The van der Waals surface area contributed by atoms with Gasteiger partial charge in [0.2, 0.25) is 11.5 Å². The Morgan fingerprint density at radius 3 is 2.40 bits per heavy atom. The molecule has 4 aromatic rings. The standard InChI is InChI=1S/C30H22F8N4O5/c1-12-3-13-4-14(5-20(47-27(34)35)22(13)40-9-12)25(43)41-10-29(45,30(36,37)38)21-7-16-24(46-11-28(16,2)26(39)44)23(42-21)15-6-18(32)19(33)8-17(15)31/h3-9,27,45H,10-11H2,1-2H3,(H2,39,44)(H,41,43)/t28-,29?/m0/s1. The van der Waals surface area contributed by atoms with Crippen LogP contribution in [0.5, 0.6) is 11.5 Å². The highest BCUT2D eigenvalue weighted by Crippen LogP contribution is 2.48. The predicted octanol–water partition coefficient (Wildman–Crippen LogP) is 4.94. The van der Waals surface area contributed by atoms with Crippen LogP contribution in [0.25, 0.3) is 22.2 Å². The molecule has 2 aromatic carbocycles. The minimum Gasteiger partial charge on any atom is -0.489 e. The Morgan fingerprint density at radius 2 is 1.77 bits per heavy atom. The van der Waals surface area contributed by atoms with Crippen LogP contribution in [0.3, 0.4) is 0 Å². The van der Waals surface area contributed by atoms with E-state index >= 15 is 0 Å². The largest absolute Gasteiger partial charge is 0.489 e. The zero-order valence-corrected chi connectivity index (χ0v) is 24.1. The number of primary amides is 1. The molecular weight excluding hydrogens is 648 g/mol. The lowest BCUT2D eigenvalue weighted by molar-refractivity contribution is -0.265. The summed E-state index contributed by atoms with van der Waals surface area (Å²) in [4.78, 5) is 33.2. The fourth-order valence-electron chi connectivity index (χ4n) is 4.98. The molecule has 9 nitrogen and oxygen atoms in total. The third-order valence-electron chi connectivity index (χ3n) is 7.64. The highest BCUT2D eigenvalue weighted by molar-refractivity contribution is 6.00. The van der Waals surface area contributed by atoms with Crippen molar-refractivity contribution in [3.63, 3.8) is 0 Å². The number of rotatable bonds is 8. The number of hydrogen-bond acceptors (Lipinski definition) is 7. The molecule has 47 heavy (non-hydrogen) atoms. The van der Waals surface area contributed by atoms with Gasteiger partial charge in [-0.25, -0.2) is 18.2 Å².